The summed E-state index contributed by atoms with van der Waals surface area (Å²) in [4.78, 5) is 22.9. The number of carbonyl (C=O) groups excluding carboxylic acids is 2. The van der Waals surface area contributed by atoms with Gasteiger partial charge in [0.05, 0.1) is 10.6 Å². The van der Waals surface area contributed by atoms with Crippen LogP contribution in [0, 0.1) is 0 Å². The van der Waals surface area contributed by atoms with Crippen LogP contribution in [-0.4, -0.2) is 28.9 Å². The molecule has 0 bridgehead atoms. The standard InChI is InChI=1S/C11H5Cl2F3O3S/c12-5-2-1-4-8(17)6(3-19-9(4)7(5)13)20-10(18)11(14,15)16/h1-2,6H,3H2. The first kappa shape index (κ1) is 15.5. The first-order chi connectivity index (χ1) is 9.21. The summed E-state index contributed by atoms with van der Waals surface area (Å²) in [6, 6.07) is 2.64. The van der Waals surface area contributed by atoms with Crippen molar-refractivity contribution in [3.8, 4) is 5.75 Å². The van der Waals surface area contributed by atoms with Gasteiger partial charge in [0, 0.05) is 0 Å². The lowest BCUT2D eigenvalue weighted by molar-refractivity contribution is -0.160. The monoisotopic (exact) mass is 344 g/mol. The second-order valence-electron chi connectivity index (χ2n) is 3.81. The van der Waals surface area contributed by atoms with Crippen LogP contribution in [0.25, 0.3) is 0 Å². The van der Waals surface area contributed by atoms with Crippen LogP contribution in [0.5, 0.6) is 5.75 Å². The van der Waals surface area contributed by atoms with Crippen LogP contribution in [0.15, 0.2) is 12.1 Å². The first-order valence-electron chi connectivity index (χ1n) is 5.14. The zero-order valence-corrected chi connectivity index (χ0v) is 11.8. The van der Waals surface area contributed by atoms with Crippen LogP contribution in [0.1, 0.15) is 10.4 Å². The van der Waals surface area contributed by atoms with Gasteiger partial charge in [0.25, 0.3) is 5.12 Å². The highest BCUT2D eigenvalue weighted by Gasteiger charge is 2.43. The van der Waals surface area contributed by atoms with E-state index in [1.54, 1.807) is 0 Å². The highest BCUT2D eigenvalue weighted by Crippen LogP contribution is 2.40. The molecule has 0 N–H and O–H groups in total. The largest absolute Gasteiger partial charge is 0.490 e. The van der Waals surface area contributed by atoms with E-state index in [1.807, 2.05) is 0 Å². The Morgan fingerprint density at radius 1 is 1.35 bits per heavy atom. The predicted molar refractivity (Wildman–Crippen MR) is 68.7 cm³/mol. The Kier molecular flexibility index (Phi) is 4.22. The van der Waals surface area contributed by atoms with Crippen LogP contribution >= 0.6 is 35.0 Å². The molecule has 1 aromatic carbocycles. The molecule has 1 unspecified atom stereocenters. The van der Waals surface area contributed by atoms with E-state index in [-0.39, 0.29) is 39.7 Å². The lowest BCUT2D eigenvalue weighted by Gasteiger charge is -2.24. The van der Waals surface area contributed by atoms with Gasteiger partial charge in [-0.1, -0.05) is 35.0 Å². The van der Waals surface area contributed by atoms with Crippen molar-refractivity contribution in [2.45, 2.75) is 11.4 Å². The number of hydrogen-bond donors (Lipinski definition) is 0. The molecule has 0 saturated carbocycles. The quantitative estimate of drug-likeness (QED) is 0.777. The molecule has 0 aromatic heterocycles. The molecular formula is C11H5Cl2F3O3S. The molecule has 20 heavy (non-hydrogen) atoms. The summed E-state index contributed by atoms with van der Waals surface area (Å²) in [6.45, 7) is -0.377. The van der Waals surface area contributed by atoms with E-state index in [0.29, 0.717) is 0 Å². The Morgan fingerprint density at radius 3 is 2.60 bits per heavy atom. The number of benzene rings is 1. The Hall–Kier alpha value is -0.920. The minimum atomic E-state index is -5.00. The second kappa shape index (κ2) is 5.46. The number of rotatable bonds is 1. The molecule has 9 heteroatoms. The maximum atomic E-state index is 12.2. The van der Waals surface area contributed by atoms with E-state index in [1.165, 1.54) is 12.1 Å². The fraction of sp³-hybridized carbons (Fsp3) is 0.273. The van der Waals surface area contributed by atoms with Gasteiger partial charge >= 0.3 is 6.18 Å². The Balaban J connectivity index is 2.25. The molecule has 108 valence electrons. The molecule has 1 aliphatic rings. The number of halogens is 5. The van der Waals surface area contributed by atoms with Crippen LogP contribution < -0.4 is 4.74 Å². The Labute approximate surface area is 125 Å². The fourth-order valence-corrected chi connectivity index (χ4v) is 2.69. The maximum Gasteiger partial charge on any atom is 0.460 e. The lowest BCUT2D eigenvalue weighted by atomic mass is 10.0. The van der Waals surface area contributed by atoms with Crippen molar-refractivity contribution >= 4 is 45.9 Å². The van der Waals surface area contributed by atoms with Gasteiger partial charge in [-0.15, -0.1) is 0 Å². The van der Waals surface area contributed by atoms with Crippen molar-refractivity contribution in [1.29, 1.82) is 0 Å². The highest BCUT2D eigenvalue weighted by atomic mass is 35.5. The highest BCUT2D eigenvalue weighted by molar-refractivity contribution is 8.14. The first-order valence-corrected chi connectivity index (χ1v) is 6.78. The zero-order chi connectivity index (χ0) is 15.1. The van der Waals surface area contributed by atoms with Gasteiger partial charge in [-0.2, -0.15) is 13.2 Å². The van der Waals surface area contributed by atoms with Gasteiger partial charge in [-0.3, -0.25) is 9.59 Å². The zero-order valence-electron chi connectivity index (χ0n) is 9.46. The topological polar surface area (TPSA) is 43.4 Å². The molecular weight excluding hydrogens is 340 g/mol. The van der Waals surface area contributed by atoms with Crippen molar-refractivity contribution in [1.82, 2.24) is 0 Å². The summed E-state index contributed by atoms with van der Waals surface area (Å²) < 4.78 is 41.7. The molecule has 1 atom stereocenters. The second-order valence-corrected chi connectivity index (χ2v) is 5.77. The number of carbonyl (C=O) groups is 2. The number of Topliss-reactive ketones (excluding diaryl/α,β-unsaturated/α-hetero) is 1. The van der Waals surface area contributed by atoms with E-state index in [2.05, 4.69) is 0 Å². The fourth-order valence-electron chi connectivity index (χ4n) is 1.56. The normalized spacial score (nSPS) is 18.4. The molecule has 0 radical (unpaired) electrons. The minimum Gasteiger partial charge on any atom is -0.490 e. The van der Waals surface area contributed by atoms with Gasteiger partial charge in [0.15, 0.2) is 5.78 Å². The van der Waals surface area contributed by atoms with Crippen molar-refractivity contribution < 1.29 is 27.5 Å². The van der Waals surface area contributed by atoms with Crippen molar-refractivity contribution in [3.63, 3.8) is 0 Å². The SMILES string of the molecule is O=C1c2ccc(Cl)c(Cl)c2OCC1SC(=O)C(F)(F)F. The molecule has 1 heterocycles. The predicted octanol–water partition coefficient (Wildman–Crippen LogP) is 3.76. The van der Waals surface area contributed by atoms with Crippen molar-refractivity contribution in [3.05, 3.63) is 27.7 Å². The number of ketones is 1. The van der Waals surface area contributed by atoms with Gasteiger partial charge in [0.1, 0.15) is 22.6 Å². The third-order valence-corrected chi connectivity index (χ3v) is 4.33. The summed E-state index contributed by atoms with van der Waals surface area (Å²) in [5, 5.41) is -3.12. The van der Waals surface area contributed by atoms with Gasteiger partial charge in [-0.05, 0) is 12.1 Å². The summed E-state index contributed by atoms with van der Waals surface area (Å²) in [5.41, 5.74) is 0.0122. The Morgan fingerprint density at radius 2 is 2.00 bits per heavy atom. The summed E-state index contributed by atoms with van der Waals surface area (Å²) in [7, 11) is 0. The average Bonchev–Trinajstić information content (AvgIpc) is 2.36. The van der Waals surface area contributed by atoms with Gasteiger partial charge in [0.2, 0.25) is 0 Å². The molecule has 0 spiro atoms. The Bertz CT molecular complexity index is 589. The molecule has 0 fully saturated rings. The molecule has 0 amide bonds. The smallest absolute Gasteiger partial charge is 0.460 e. The van der Waals surface area contributed by atoms with E-state index in [4.69, 9.17) is 27.9 Å². The number of fused-ring (bicyclic) bond motifs is 1. The maximum absolute atomic E-state index is 12.2. The van der Waals surface area contributed by atoms with E-state index in [9.17, 15) is 22.8 Å². The van der Waals surface area contributed by atoms with Crippen molar-refractivity contribution in [2.75, 3.05) is 6.61 Å². The summed E-state index contributed by atoms with van der Waals surface area (Å²) >= 11 is 11.5. The van der Waals surface area contributed by atoms with Crippen molar-refractivity contribution in [2.24, 2.45) is 0 Å². The minimum absolute atomic E-state index is 0.0122. The van der Waals surface area contributed by atoms with Crippen LogP contribution in [0.4, 0.5) is 13.2 Å². The third kappa shape index (κ3) is 2.89. The van der Waals surface area contributed by atoms with Gasteiger partial charge in [-0.25, -0.2) is 0 Å². The van der Waals surface area contributed by atoms with Gasteiger partial charge < -0.3 is 4.74 Å². The third-order valence-electron chi connectivity index (χ3n) is 2.47. The number of ether oxygens (including phenoxy) is 1. The van der Waals surface area contributed by atoms with Crippen LogP contribution in [0.2, 0.25) is 10.0 Å². The van der Waals surface area contributed by atoms with E-state index in [0.717, 1.165) is 0 Å². The number of thioether (sulfide) groups is 1. The number of hydrogen-bond acceptors (Lipinski definition) is 4. The van der Waals surface area contributed by atoms with Crippen LogP contribution in [-0.2, 0) is 4.79 Å². The molecule has 0 aliphatic carbocycles. The molecule has 2 rings (SSSR count). The van der Waals surface area contributed by atoms with Crippen LogP contribution in [0.3, 0.4) is 0 Å². The lowest BCUT2D eigenvalue weighted by Crippen LogP contribution is -2.34. The summed E-state index contributed by atoms with van der Waals surface area (Å²) in [5.74, 6) is -0.618. The average molecular weight is 345 g/mol. The molecule has 0 saturated heterocycles. The number of alkyl halides is 3. The van der Waals surface area contributed by atoms with E-state index < -0.39 is 22.3 Å². The molecule has 3 nitrogen and oxygen atoms in total. The summed E-state index contributed by atoms with van der Waals surface area (Å²) in [6.07, 6.45) is -5.00. The molecule has 1 aliphatic heterocycles. The van der Waals surface area contributed by atoms with E-state index >= 15 is 0 Å². The molecule has 1 aromatic rings.